The first-order valence-corrected chi connectivity index (χ1v) is 11.6. The van der Waals surface area contributed by atoms with E-state index in [-0.39, 0.29) is 29.1 Å². The molecule has 0 radical (unpaired) electrons. The fraction of sp³-hybridized carbons (Fsp3) is 0.250. The zero-order valence-electron chi connectivity index (χ0n) is 21.0. The monoisotopic (exact) mass is 504 g/mol. The lowest BCUT2D eigenvalue weighted by atomic mass is 10.1. The van der Waals surface area contributed by atoms with Crippen LogP contribution in [-0.4, -0.2) is 46.5 Å². The van der Waals surface area contributed by atoms with Crippen LogP contribution in [0.4, 0.5) is 0 Å². The number of hydrogen-bond donors (Lipinski definition) is 1. The van der Waals surface area contributed by atoms with Crippen LogP contribution in [0.3, 0.4) is 0 Å². The van der Waals surface area contributed by atoms with Gasteiger partial charge in [-0.25, -0.2) is 10.2 Å². The van der Waals surface area contributed by atoms with Crippen molar-refractivity contribution in [1.82, 2.24) is 5.43 Å². The number of ether oxygens (including phenoxy) is 5. The van der Waals surface area contributed by atoms with Crippen molar-refractivity contribution in [3.05, 3.63) is 77.4 Å². The van der Waals surface area contributed by atoms with Crippen LogP contribution >= 0.6 is 0 Å². The Morgan fingerprint density at radius 3 is 2.14 bits per heavy atom. The lowest BCUT2D eigenvalue weighted by molar-refractivity contribution is -0.122. The predicted octanol–water partition coefficient (Wildman–Crippen LogP) is 4.19. The van der Waals surface area contributed by atoms with Gasteiger partial charge >= 0.3 is 5.97 Å². The zero-order chi connectivity index (χ0) is 26.4. The molecule has 0 spiro atoms. The van der Waals surface area contributed by atoms with Crippen LogP contribution in [0.25, 0.3) is 0 Å². The topological polar surface area (TPSA) is 105 Å². The SMILES string of the molecule is COc1cc(/C=N\NC(=O)[C@@H]2C[C@@H]2c2ccccc2)ccc1OC(=O)c1cc(OC)c(OC)c(OC)c1. The molecule has 1 amide bonds. The van der Waals surface area contributed by atoms with Gasteiger partial charge in [-0.1, -0.05) is 30.3 Å². The predicted molar refractivity (Wildman–Crippen MR) is 137 cm³/mol. The van der Waals surface area contributed by atoms with Crippen molar-refractivity contribution >= 4 is 18.1 Å². The molecular formula is C28H28N2O7. The second kappa shape index (κ2) is 11.5. The smallest absolute Gasteiger partial charge is 0.343 e. The van der Waals surface area contributed by atoms with E-state index >= 15 is 0 Å². The molecule has 3 aromatic rings. The maximum atomic E-state index is 12.8. The van der Waals surface area contributed by atoms with Gasteiger partial charge in [-0.15, -0.1) is 0 Å². The number of rotatable bonds is 10. The van der Waals surface area contributed by atoms with Crippen molar-refractivity contribution in [3.63, 3.8) is 0 Å². The molecule has 1 N–H and O–H groups in total. The molecule has 192 valence electrons. The largest absolute Gasteiger partial charge is 0.493 e. The highest BCUT2D eigenvalue weighted by Gasteiger charge is 2.43. The van der Waals surface area contributed by atoms with Crippen LogP contribution in [0, 0.1) is 5.92 Å². The molecule has 9 heteroatoms. The van der Waals surface area contributed by atoms with E-state index in [1.54, 1.807) is 18.2 Å². The van der Waals surface area contributed by atoms with Crippen molar-refractivity contribution in [2.45, 2.75) is 12.3 Å². The number of carbonyl (C=O) groups is 2. The molecule has 9 nitrogen and oxygen atoms in total. The molecule has 1 saturated carbocycles. The summed E-state index contributed by atoms with van der Waals surface area (Å²) in [6.45, 7) is 0. The Bertz CT molecular complexity index is 1280. The number of nitrogens with zero attached hydrogens (tertiary/aromatic N) is 1. The Balaban J connectivity index is 1.40. The minimum Gasteiger partial charge on any atom is -0.493 e. The summed E-state index contributed by atoms with van der Waals surface area (Å²) < 4.78 is 26.8. The third-order valence-corrected chi connectivity index (χ3v) is 6.03. The summed E-state index contributed by atoms with van der Waals surface area (Å²) in [5, 5.41) is 4.07. The number of amides is 1. The number of carbonyl (C=O) groups excluding carboxylic acids is 2. The van der Waals surface area contributed by atoms with Gasteiger partial charge in [0.25, 0.3) is 0 Å². The molecular weight excluding hydrogens is 476 g/mol. The summed E-state index contributed by atoms with van der Waals surface area (Å²) in [5.41, 5.74) is 4.62. The first kappa shape index (κ1) is 25.6. The molecule has 1 aliphatic rings. The Morgan fingerprint density at radius 2 is 1.51 bits per heavy atom. The summed E-state index contributed by atoms with van der Waals surface area (Å²) in [6, 6.07) is 17.9. The molecule has 0 aliphatic heterocycles. The van der Waals surface area contributed by atoms with E-state index in [1.807, 2.05) is 30.3 Å². The van der Waals surface area contributed by atoms with E-state index < -0.39 is 5.97 Å². The van der Waals surface area contributed by atoms with Gasteiger partial charge in [-0.05, 0) is 53.8 Å². The van der Waals surface area contributed by atoms with E-state index in [0.717, 1.165) is 12.0 Å². The van der Waals surface area contributed by atoms with Crippen LogP contribution in [-0.2, 0) is 4.79 Å². The van der Waals surface area contributed by atoms with E-state index in [9.17, 15) is 9.59 Å². The first-order chi connectivity index (χ1) is 18.0. The standard InChI is InChI=1S/C28H28N2O7/c1-33-23-12-17(16-29-30-27(31)21-15-20(21)18-8-6-5-7-9-18)10-11-22(23)37-28(32)19-13-24(34-2)26(36-4)25(14-19)35-3/h5-14,16,20-21H,15H2,1-4H3,(H,30,31)/b29-16-/t20-,21-/m1/s1. The first-order valence-electron chi connectivity index (χ1n) is 11.6. The number of benzene rings is 3. The summed E-state index contributed by atoms with van der Waals surface area (Å²) >= 11 is 0. The summed E-state index contributed by atoms with van der Waals surface area (Å²) in [6.07, 6.45) is 2.32. The van der Waals surface area contributed by atoms with Crippen LogP contribution in [0.15, 0.2) is 65.8 Å². The van der Waals surface area contributed by atoms with Crippen molar-refractivity contribution in [2.75, 3.05) is 28.4 Å². The highest BCUT2D eigenvalue weighted by Crippen LogP contribution is 2.47. The number of hydrazone groups is 1. The van der Waals surface area contributed by atoms with Gasteiger partial charge in [0.15, 0.2) is 23.0 Å². The molecule has 3 aromatic carbocycles. The van der Waals surface area contributed by atoms with Crippen molar-refractivity contribution in [2.24, 2.45) is 11.0 Å². The van der Waals surface area contributed by atoms with E-state index in [4.69, 9.17) is 23.7 Å². The van der Waals surface area contributed by atoms with Gasteiger partial charge in [-0.2, -0.15) is 5.10 Å². The molecule has 1 fully saturated rings. The maximum Gasteiger partial charge on any atom is 0.343 e. The van der Waals surface area contributed by atoms with Crippen LogP contribution in [0.1, 0.15) is 33.8 Å². The van der Waals surface area contributed by atoms with E-state index in [0.29, 0.717) is 28.6 Å². The molecule has 1 aliphatic carbocycles. The summed E-state index contributed by atoms with van der Waals surface area (Å²) in [7, 11) is 5.87. The molecule has 0 unspecified atom stereocenters. The molecule has 37 heavy (non-hydrogen) atoms. The second-order valence-corrected chi connectivity index (χ2v) is 8.31. The Kier molecular flexibility index (Phi) is 7.92. The van der Waals surface area contributed by atoms with Gasteiger partial charge in [0.1, 0.15) is 0 Å². The minimum atomic E-state index is -0.636. The van der Waals surface area contributed by atoms with Crippen LogP contribution in [0.2, 0.25) is 0 Å². The Hall–Kier alpha value is -4.53. The van der Waals surface area contributed by atoms with E-state index in [1.165, 1.54) is 46.8 Å². The number of esters is 1. The fourth-order valence-electron chi connectivity index (χ4n) is 4.01. The van der Waals surface area contributed by atoms with Gasteiger partial charge < -0.3 is 23.7 Å². The van der Waals surface area contributed by atoms with Crippen LogP contribution in [0.5, 0.6) is 28.7 Å². The van der Waals surface area contributed by atoms with Gasteiger partial charge in [0, 0.05) is 5.92 Å². The number of nitrogens with one attached hydrogen (secondary N) is 1. The number of hydrogen-bond acceptors (Lipinski definition) is 8. The Labute approximate surface area is 214 Å². The lowest BCUT2D eigenvalue weighted by Gasteiger charge is -2.14. The zero-order valence-corrected chi connectivity index (χ0v) is 21.0. The van der Waals surface area contributed by atoms with Crippen LogP contribution < -0.4 is 29.1 Å². The average molecular weight is 505 g/mol. The average Bonchev–Trinajstić information content (AvgIpc) is 3.74. The molecule has 0 aromatic heterocycles. The van der Waals surface area contributed by atoms with Gasteiger partial charge in [-0.3, -0.25) is 4.79 Å². The fourth-order valence-corrected chi connectivity index (χ4v) is 4.01. The molecule has 0 bridgehead atoms. The quantitative estimate of drug-likeness (QED) is 0.191. The van der Waals surface area contributed by atoms with E-state index in [2.05, 4.69) is 10.5 Å². The Morgan fingerprint density at radius 1 is 0.838 bits per heavy atom. The highest BCUT2D eigenvalue weighted by molar-refractivity contribution is 5.93. The van der Waals surface area contributed by atoms with Gasteiger partial charge in [0.2, 0.25) is 11.7 Å². The third-order valence-electron chi connectivity index (χ3n) is 6.03. The summed E-state index contributed by atoms with van der Waals surface area (Å²) in [5.74, 6) is 0.964. The molecule has 0 saturated heterocycles. The summed E-state index contributed by atoms with van der Waals surface area (Å²) in [4.78, 5) is 25.3. The van der Waals surface area contributed by atoms with Crippen molar-refractivity contribution in [1.29, 1.82) is 0 Å². The molecule has 2 atom stereocenters. The third kappa shape index (κ3) is 5.83. The number of methoxy groups -OCH3 is 4. The molecule has 0 heterocycles. The van der Waals surface area contributed by atoms with Crippen molar-refractivity contribution in [3.8, 4) is 28.7 Å². The maximum absolute atomic E-state index is 12.8. The minimum absolute atomic E-state index is 0.0777. The lowest BCUT2D eigenvalue weighted by Crippen LogP contribution is -2.20. The highest BCUT2D eigenvalue weighted by atomic mass is 16.6. The molecule has 4 rings (SSSR count). The normalized spacial score (nSPS) is 16.1. The van der Waals surface area contributed by atoms with Gasteiger partial charge in [0.05, 0.1) is 40.2 Å². The van der Waals surface area contributed by atoms with Crippen molar-refractivity contribution < 1.29 is 33.3 Å². The second-order valence-electron chi connectivity index (χ2n) is 8.31.